The number of hydrogen-bond acceptors (Lipinski definition) is 6. The van der Waals surface area contributed by atoms with Crippen LogP contribution in [0.3, 0.4) is 0 Å². The first-order valence-electron chi connectivity index (χ1n) is 9.64. The molecule has 0 spiro atoms. The van der Waals surface area contributed by atoms with Gasteiger partial charge in [-0.2, -0.15) is 0 Å². The van der Waals surface area contributed by atoms with Gasteiger partial charge in [0.05, 0.1) is 30.7 Å². The molecule has 0 aliphatic heterocycles. The fourth-order valence-electron chi connectivity index (χ4n) is 2.83. The van der Waals surface area contributed by atoms with E-state index < -0.39 is 0 Å². The number of amides is 2. The number of para-hydroxylation sites is 2. The molecule has 0 aliphatic rings. The molecule has 32 heavy (non-hydrogen) atoms. The quantitative estimate of drug-likeness (QED) is 0.314. The number of nitrogens with one attached hydrogen (secondary N) is 2. The zero-order valence-electron chi connectivity index (χ0n) is 17.4. The molecule has 0 saturated carbocycles. The highest BCUT2D eigenvalue weighted by Crippen LogP contribution is 2.24. The van der Waals surface area contributed by atoms with Gasteiger partial charge >= 0.3 is 0 Å². The highest BCUT2D eigenvalue weighted by atomic mass is 79.9. The van der Waals surface area contributed by atoms with Crippen LogP contribution in [0, 0.1) is 0 Å². The lowest BCUT2D eigenvalue weighted by atomic mass is 10.2. The fourth-order valence-corrected chi connectivity index (χ4v) is 4.06. The zero-order chi connectivity index (χ0) is 22.9. The number of methoxy groups -OCH3 is 1. The first-order valence-corrected chi connectivity index (χ1v) is 11.4. The van der Waals surface area contributed by atoms with Crippen molar-refractivity contribution in [2.75, 3.05) is 18.2 Å². The van der Waals surface area contributed by atoms with Crippen LogP contribution in [0.5, 0.6) is 5.75 Å². The number of allylic oxidation sites excluding steroid dienone is 1. The van der Waals surface area contributed by atoms with Crippen molar-refractivity contribution >= 4 is 45.2 Å². The summed E-state index contributed by atoms with van der Waals surface area (Å²) in [5.74, 6) is 0.866. The summed E-state index contributed by atoms with van der Waals surface area (Å²) in [4.78, 5) is 24.9. The number of benzene rings is 2. The monoisotopic (exact) mass is 515 g/mol. The lowest BCUT2D eigenvalue weighted by Crippen LogP contribution is -2.25. The van der Waals surface area contributed by atoms with Gasteiger partial charge in [0.25, 0.3) is 5.91 Å². The maximum Gasteiger partial charge on any atom is 0.252 e. The molecule has 8 nitrogen and oxygen atoms in total. The Labute approximate surface area is 198 Å². The molecule has 3 aromatic rings. The molecular weight excluding hydrogens is 494 g/mol. The smallest absolute Gasteiger partial charge is 0.252 e. The van der Waals surface area contributed by atoms with Crippen molar-refractivity contribution in [2.24, 2.45) is 0 Å². The molecule has 0 radical (unpaired) electrons. The van der Waals surface area contributed by atoms with Gasteiger partial charge < -0.3 is 19.9 Å². The number of ether oxygens (including phenoxy) is 1. The van der Waals surface area contributed by atoms with Crippen LogP contribution >= 0.6 is 27.7 Å². The van der Waals surface area contributed by atoms with E-state index >= 15 is 0 Å². The summed E-state index contributed by atoms with van der Waals surface area (Å²) in [5, 5.41) is 14.6. The van der Waals surface area contributed by atoms with Gasteiger partial charge in [0.2, 0.25) is 5.91 Å². The largest absolute Gasteiger partial charge is 0.495 e. The van der Waals surface area contributed by atoms with Crippen LogP contribution in [0.4, 0.5) is 5.69 Å². The predicted octanol–water partition coefficient (Wildman–Crippen LogP) is 3.90. The third-order valence-corrected chi connectivity index (χ3v) is 6.00. The van der Waals surface area contributed by atoms with E-state index in [0.29, 0.717) is 39.0 Å². The second-order valence-corrected chi connectivity index (χ2v) is 8.29. The second-order valence-electron chi connectivity index (χ2n) is 6.50. The molecule has 2 N–H and O–H groups in total. The standard InChI is InChI=1S/C22H22BrN5O3S/c1-3-12-28-19(13-24-21(30)15-8-4-5-9-16(15)23)26-27-22(28)32-14-20(29)25-17-10-6-7-11-18(17)31-2/h3-11H,1,12-14H2,2H3,(H,24,30)(H,25,29). The van der Waals surface area contributed by atoms with E-state index in [4.69, 9.17) is 4.74 Å². The molecule has 0 fully saturated rings. The molecule has 10 heteroatoms. The van der Waals surface area contributed by atoms with E-state index in [1.54, 1.807) is 43.5 Å². The maximum atomic E-state index is 12.5. The second kappa shape index (κ2) is 11.5. The number of hydrogen-bond donors (Lipinski definition) is 2. The van der Waals surface area contributed by atoms with E-state index in [9.17, 15) is 9.59 Å². The number of anilines is 1. The van der Waals surface area contributed by atoms with Crippen molar-refractivity contribution in [2.45, 2.75) is 18.2 Å². The predicted molar refractivity (Wildman–Crippen MR) is 128 cm³/mol. The van der Waals surface area contributed by atoms with Gasteiger partial charge in [-0.1, -0.05) is 42.1 Å². The number of carbonyl (C=O) groups is 2. The molecule has 3 rings (SSSR count). The fraction of sp³-hybridized carbons (Fsp3) is 0.182. The topological polar surface area (TPSA) is 98.1 Å². The van der Waals surface area contributed by atoms with Gasteiger partial charge in [0.1, 0.15) is 5.75 Å². The van der Waals surface area contributed by atoms with E-state index in [-0.39, 0.29) is 24.1 Å². The number of nitrogens with zero attached hydrogens (tertiary/aromatic N) is 3. The zero-order valence-corrected chi connectivity index (χ0v) is 19.8. The molecule has 2 aromatic carbocycles. The van der Waals surface area contributed by atoms with Crippen LogP contribution in [0.15, 0.2) is 70.8 Å². The van der Waals surface area contributed by atoms with Crippen molar-refractivity contribution in [1.29, 1.82) is 0 Å². The average molecular weight is 516 g/mol. The number of carbonyl (C=O) groups excluding carboxylic acids is 2. The third kappa shape index (κ3) is 5.98. The van der Waals surface area contributed by atoms with Crippen LogP contribution in [0.2, 0.25) is 0 Å². The molecule has 1 aromatic heterocycles. The summed E-state index contributed by atoms with van der Waals surface area (Å²) in [6, 6.07) is 14.4. The van der Waals surface area contributed by atoms with Crippen molar-refractivity contribution in [1.82, 2.24) is 20.1 Å². The molecular formula is C22H22BrN5O3S. The first kappa shape index (κ1) is 23.6. The molecule has 2 amide bonds. The molecule has 0 unspecified atom stereocenters. The minimum atomic E-state index is -0.226. The van der Waals surface area contributed by atoms with Crippen LogP contribution < -0.4 is 15.4 Å². The van der Waals surface area contributed by atoms with Gasteiger partial charge in [-0.3, -0.25) is 9.59 Å². The number of halogens is 1. The van der Waals surface area contributed by atoms with Gasteiger partial charge in [-0.25, -0.2) is 0 Å². The highest BCUT2D eigenvalue weighted by molar-refractivity contribution is 9.10. The summed E-state index contributed by atoms with van der Waals surface area (Å²) in [7, 11) is 1.55. The summed E-state index contributed by atoms with van der Waals surface area (Å²) >= 11 is 4.63. The Morgan fingerprint density at radius 2 is 1.94 bits per heavy atom. The normalized spacial score (nSPS) is 10.4. The van der Waals surface area contributed by atoms with Crippen molar-refractivity contribution in [3.05, 3.63) is 77.0 Å². The highest BCUT2D eigenvalue weighted by Gasteiger charge is 2.16. The van der Waals surface area contributed by atoms with Crippen LogP contribution in [0.1, 0.15) is 16.2 Å². The molecule has 0 aliphatic carbocycles. The van der Waals surface area contributed by atoms with Gasteiger partial charge in [0, 0.05) is 11.0 Å². The minimum absolute atomic E-state index is 0.136. The number of thioether (sulfide) groups is 1. The van der Waals surface area contributed by atoms with E-state index in [0.717, 1.165) is 0 Å². The van der Waals surface area contributed by atoms with E-state index in [2.05, 4.69) is 43.3 Å². The summed E-state index contributed by atoms with van der Waals surface area (Å²) in [6.07, 6.45) is 1.71. The Morgan fingerprint density at radius 3 is 2.69 bits per heavy atom. The van der Waals surface area contributed by atoms with Crippen LogP contribution in [-0.4, -0.2) is 39.4 Å². The Balaban J connectivity index is 1.63. The van der Waals surface area contributed by atoms with Crippen molar-refractivity contribution < 1.29 is 14.3 Å². The summed E-state index contributed by atoms with van der Waals surface area (Å²) in [6.45, 7) is 4.41. The Kier molecular flexibility index (Phi) is 8.46. The third-order valence-electron chi connectivity index (χ3n) is 4.34. The van der Waals surface area contributed by atoms with Gasteiger partial charge in [-0.15, -0.1) is 16.8 Å². The first-order chi connectivity index (χ1) is 15.5. The molecule has 0 saturated heterocycles. The average Bonchev–Trinajstić information content (AvgIpc) is 3.18. The van der Waals surface area contributed by atoms with Crippen LogP contribution in [0.25, 0.3) is 0 Å². The summed E-state index contributed by atoms with van der Waals surface area (Å²) < 4.78 is 7.78. The van der Waals surface area contributed by atoms with Gasteiger partial charge in [-0.05, 0) is 40.2 Å². The number of rotatable bonds is 10. The molecule has 0 atom stereocenters. The Bertz CT molecular complexity index is 1120. The lowest BCUT2D eigenvalue weighted by Gasteiger charge is -2.11. The van der Waals surface area contributed by atoms with Crippen LogP contribution in [-0.2, 0) is 17.9 Å². The lowest BCUT2D eigenvalue weighted by molar-refractivity contribution is -0.113. The Morgan fingerprint density at radius 1 is 1.19 bits per heavy atom. The van der Waals surface area contributed by atoms with Crippen molar-refractivity contribution in [3.63, 3.8) is 0 Å². The minimum Gasteiger partial charge on any atom is -0.495 e. The summed E-state index contributed by atoms with van der Waals surface area (Å²) in [5.41, 5.74) is 1.13. The maximum absolute atomic E-state index is 12.5. The Hall–Kier alpha value is -3.11. The van der Waals surface area contributed by atoms with Crippen molar-refractivity contribution in [3.8, 4) is 5.75 Å². The molecule has 1 heterocycles. The molecule has 0 bridgehead atoms. The van der Waals surface area contributed by atoms with E-state index in [1.165, 1.54) is 11.8 Å². The SMILES string of the molecule is C=CCn1c(CNC(=O)c2ccccc2Br)nnc1SCC(=O)Nc1ccccc1OC. The van der Waals surface area contributed by atoms with E-state index in [1.807, 2.05) is 22.8 Å². The molecule has 166 valence electrons. The van der Waals surface area contributed by atoms with Gasteiger partial charge in [0.15, 0.2) is 11.0 Å². The number of aromatic nitrogens is 3.